The van der Waals surface area contributed by atoms with Gasteiger partial charge in [0.25, 0.3) is 0 Å². The summed E-state index contributed by atoms with van der Waals surface area (Å²) in [5.74, 6) is 0.534. The van der Waals surface area contributed by atoms with Crippen LogP contribution in [-0.4, -0.2) is 19.1 Å². The molecule has 0 radical (unpaired) electrons. The fourth-order valence-corrected chi connectivity index (χ4v) is 10.0. The van der Waals surface area contributed by atoms with Gasteiger partial charge in [0, 0.05) is 49.0 Å². The molecule has 0 atom stereocenters. The van der Waals surface area contributed by atoms with E-state index in [0.29, 0.717) is 11.7 Å². The summed E-state index contributed by atoms with van der Waals surface area (Å²) in [4.78, 5) is 11.0. The lowest BCUT2D eigenvalue weighted by Crippen LogP contribution is -2.04. The summed E-state index contributed by atoms with van der Waals surface area (Å²) >= 11 is 0. The molecule has 0 bridgehead atoms. The molecule has 0 amide bonds. The zero-order valence-corrected chi connectivity index (χ0v) is 31.9. The van der Waals surface area contributed by atoms with E-state index in [4.69, 9.17) is 18.8 Å². The first-order valence-electron chi connectivity index (χ1n) is 20.2. The number of aromatic nitrogens is 4. The Morgan fingerprint density at radius 2 is 1.00 bits per heavy atom. The van der Waals surface area contributed by atoms with Crippen molar-refractivity contribution >= 4 is 109 Å². The average Bonchev–Trinajstić information content (AvgIpc) is 4.07. The molecule has 0 N–H and O–H groups in total. The van der Waals surface area contributed by atoms with Gasteiger partial charge in [0.15, 0.2) is 0 Å². The summed E-state index contributed by atoms with van der Waals surface area (Å²) in [6.07, 6.45) is 0. The molecule has 6 heteroatoms. The molecule has 0 spiro atoms. The Morgan fingerprint density at radius 1 is 0.367 bits per heavy atom. The van der Waals surface area contributed by atoms with Gasteiger partial charge in [0.1, 0.15) is 16.7 Å². The van der Waals surface area contributed by atoms with Gasteiger partial charge in [-0.15, -0.1) is 0 Å². The maximum Gasteiger partial charge on any atom is 0.238 e. The van der Waals surface area contributed by atoms with Gasteiger partial charge in [0.05, 0.1) is 33.1 Å². The van der Waals surface area contributed by atoms with Gasteiger partial charge in [-0.25, -0.2) is 4.98 Å². The second kappa shape index (κ2) is 11.7. The second-order valence-electron chi connectivity index (χ2n) is 15.7. The Morgan fingerprint density at radius 3 is 1.83 bits per heavy atom. The number of hydrogen-bond acceptors (Lipinski definition) is 4. The Bertz CT molecular complexity index is 4130. The molecule has 0 aliphatic rings. The first-order valence-corrected chi connectivity index (χ1v) is 20.2. The number of hydrogen-bond donors (Lipinski definition) is 0. The molecule has 5 aromatic heterocycles. The molecular weight excluding hydrogens is 737 g/mol. The van der Waals surface area contributed by atoms with Gasteiger partial charge in [-0.3, -0.25) is 4.57 Å². The van der Waals surface area contributed by atoms with E-state index in [9.17, 15) is 0 Å². The van der Waals surface area contributed by atoms with E-state index in [1.54, 1.807) is 0 Å². The smallest absolute Gasteiger partial charge is 0.238 e. The minimum absolute atomic E-state index is 0.533. The highest BCUT2D eigenvalue weighted by Crippen LogP contribution is 2.48. The van der Waals surface area contributed by atoms with Crippen LogP contribution in [0.3, 0.4) is 0 Å². The summed E-state index contributed by atoms with van der Waals surface area (Å²) in [6, 6.07) is 64.2. The standard InChI is InChI=1S/C54H30N4O2/c1-2-15-33(16-3-1)57-42-28-26-31-14-4-5-17-34(31)47(42)48-37-20-7-6-19-36(37)46-38-21-8-11-23-41(38)58(51(46)52(48)57)54-55-50(49-39-22-10-13-25-44(39)60-53(49)56-54)32-27-29-45-40(30-32)35-18-9-12-24-43(35)59-45/h1-30H. The van der Waals surface area contributed by atoms with E-state index in [2.05, 4.69) is 161 Å². The molecule has 60 heavy (non-hydrogen) atoms. The minimum atomic E-state index is 0.533. The van der Waals surface area contributed by atoms with E-state index in [-0.39, 0.29) is 0 Å². The predicted molar refractivity (Wildman–Crippen MR) is 246 cm³/mol. The molecule has 0 aliphatic heterocycles. The SMILES string of the molecule is c1ccc(-n2c3ccc4ccccc4c3c3c4ccccc4c4c5ccccc5n(-c5nc(-c6ccc7oc8ccccc8c7c6)c6c(n5)oc5ccccc56)c4c32)cc1. The van der Waals surface area contributed by atoms with Crippen molar-refractivity contribution in [2.45, 2.75) is 0 Å². The van der Waals surface area contributed by atoms with Crippen LogP contribution in [0.1, 0.15) is 0 Å². The van der Waals surface area contributed by atoms with Crippen LogP contribution < -0.4 is 0 Å². The van der Waals surface area contributed by atoms with Gasteiger partial charge in [-0.1, -0.05) is 127 Å². The van der Waals surface area contributed by atoms with E-state index in [0.717, 1.165) is 88.1 Å². The van der Waals surface area contributed by atoms with Crippen LogP contribution in [-0.2, 0) is 0 Å². The number of rotatable bonds is 3. The molecule has 0 saturated carbocycles. The number of para-hydroxylation sites is 4. The molecule has 0 saturated heterocycles. The summed E-state index contributed by atoms with van der Waals surface area (Å²) in [5, 5.41) is 13.4. The van der Waals surface area contributed by atoms with E-state index >= 15 is 0 Å². The van der Waals surface area contributed by atoms with Crippen LogP contribution >= 0.6 is 0 Å². The zero-order chi connectivity index (χ0) is 39.1. The maximum atomic E-state index is 6.68. The number of benzene rings is 9. The monoisotopic (exact) mass is 766 g/mol. The van der Waals surface area contributed by atoms with Crippen molar-refractivity contribution in [1.29, 1.82) is 0 Å². The maximum absolute atomic E-state index is 6.68. The van der Waals surface area contributed by atoms with Gasteiger partial charge in [-0.2, -0.15) is 4.98 Å². The molecule has 5 heterocycles. The molecule has 0 aliphatic carbocycles. The lowest BCUT2D eigenvalue weighted by atomic mass is 9.96. The molecule has 9 aromatic carbocycles. The number of furan rings is 2. The van der Waals surface area contributed by atoms with Crippen molar-refractivity contribution in [2.75, 3.05) is 0 Å². The van der Waals surface area contributed by atoms with Crippen LogP contribution in [0.25, 0.3) is 132 Å². The van der Waals surface area contributed by atoms with Crippen molar-refractivity contribution in [3.8, 4) is 22.9 Å². The zero-order valence-electron chi connectivity index (χ0n) is 31.9. The van der Waals surface area contributed by atoms with Gasteiger partial charge >= 0.3 is 0 Å². The molecule has 14 rings (SSSR count). The normalized spacial score (nSPS) is 12.3. The van der Waals surface area contributed by atoms with Gasteiger partial charge < -0.3 is 13.4 Å². The molecule has 0 unspecified atom stereocenters. The highest BCUT2D eigenvalue weighted by Gasteiger charge is 2.28. The average molecular weight is 767 g/mol. The van der Waals surface area contributed by atoms with Crippen molar-refractivity contribution in [2.24, 2.45) is 0 Å². The topological polar surface area (TPSA) is 61.9 Å². The quantitative estimate of drug-likeness (QED) is 0.180. The molecule has 278 valence electrons. The number of nitrogens with zero attached hydrogens (tertiary/aromatic N) is 4. The van der Waals surface area contributed by atoms with Crippen molar-refractivity contribution in [1.82, 2.24) is 19.1 Å². The molecular formula is C54H30N4O2. The van der Waals surface area contributed by atoms with E-state index in [1.165, 1.54) is 32.3 Å². The van der Waals surface area contributed by atoms with Gasteiger partial charge in [0.2, 0.25) is 11.7 Å². The Balaban J connectivity index is 1.21. The molecule has 14 aromatic rings. The fourth-order valence-electron chi connectivity index (χ4n) is 10.0. The van der Waals surface area contributed by atoms with Crippen LogP contribution in [0.15, 0.2) is 191 Å². The van der Waals surface area contributed by atoms with Crippen LogP contribution in [0.5, 0.6) is 0 Å². The molecule has 0 fully saturated rings. The van der Waals surface area contributed by atoms with E-state index in [1.807, 2.05) is 30.3 Å². The minimum Gasteiger partial charge on any atom is -0.456 e. The lowest BCUT2D eigenvalue weighted by molar-refractivity contribution is 0.651. The third kappa shape index (κ3) is 4.16. The van der Waals surface area contributed by atoms with Gasteiger partial charge in [-0.05, 0) is 76.1 Å². The first-order chi connectivity index (χ1) is 29.8. The van der Waals surface area contributed by atoms with Crippen molar-refractivity contribution in [3.05, 3.63) is 182 Å². The summed E-state index contributed by atoms with van der Waals surface area (Å²) in [5.41, 5.74) is 10.1. The number of fused-ring (bicyclic) bond motifs is 18. The Kier molecular flexibility index (Phi) is 6.20. The van der Waals surface area contributed by atoms with Crippen molar-refractivity contribution in [3.63, 3.8) is 0 Å². The Hall–Kier alpha value is -8.22. The molecule has 6 nitrogen and oxygen atoms in total. The second-order valence-corrected chi connectivity index (χ2v) is 15.7. The first kappa shape index (κ1) is 31.8. The lowest BCUT2D eigenvalue weighted by Gasteiger charge is -2.14. The predicted octanol–water partition coefficient (Wildman–Crippen LogP) is 14.4. The van der Waals surface area contributed by atoms with Crippen LogP contribution in [0.4, 0.5) is 0 Å². The fraction of sp³-hybridized carbons (Fsp3) is 0. The highest BCUT2D eigenvalue weighted by atomic mass is 16.3. The van der Waals surface area contributed by atoms with Crippen LogP contribution in [0.2, 0.25) is 0 Å². The highest BCUT2D eigenvalue weighted by molar-refractivity contribution is 6.39. The summed E-state index contributed by atoms with van der Waals surface area (Å²) in [7, 11) is 0. The third-order valence-corrected chi connectivity index (χ3v) is 12.5. The third-order valence-electron chi connectivity index (χ3n) is 12.5. The van der Waals surface area contributed by atoms with Crippen molar-refractivity contribution < 1.29 is 8.83 Å². The van der Waals surface area contributed by atoms with E-state index < -0.39 is 0 Å². The van der Waals surface area contributed by atoms with Crippen LogP contribution in [0, 0.1) is 0 Å². The summed E-state index contributed by atoms with van der Waals surface area (Å²) in [6.45, 7) is 0. The largest absolute Gasteiger partial charge is 0.456 e. The summed E-state index contributed by atoms with van der Waals surface area (Å²) < 4.78 is 17.7. The Labute approximate surface area is 340 Å².